The second-order valence-electron chi connectivity index (χ2n) is 4.45. The predicted octanol–water partition coefficient (Wildman–Crippen LogP) is 0.492. The van der Waals surface area contributed by atoms with E-state index in [1.54, 1.807) is 13.8 Å². The number of nitrogens with one attached hydrogen (secondary N) is 1. The fourth-order valence-corrected chi connectivity index (χ4v) is 1.72. The Morgan fingerprint density at radius 1 is 1.18 bits per heavy atom. The van der Waals surface area contributed by atoms with E-state index < -0.39 is 11.6 Å². The highest BCUT2D eigenvalue weighted by Crippen LogP contribution is 2.33. The van der Waals surface area contributed by atoms with Crippen LogP contribution in [0.25, 0.3) is 0 Å². The van der Waals surface area contributed by atoms with Crippen LogP contribution in [-0.4, -0.2) is 39.2 Å². The Morgan fingerprint density at radius 2 is 1.65 bits per heavy atom. The normalized spacial score (nSPS) is 13.6. The maximum atomic E-state index is 9.68. The van der Waals surface area contributed by atoms with E-state index in [1.165, 1.54) is 18.2 Å². The van der Waals surface area contributed by atoms with Crippen LogP contribution in [-0.2, 0) is 0 Å². The molecular formula is C12H19NO4. The van der Waals surface area contributed by atoms with Crippen LogP contribution in [0, 0.1) is 0 Å². The molecule has 1 aromatic rings. The van der Waals surface area contributed by atoms with E-state index in [0.29, 0.717) is 5.56 Å². The molecule has 17 heavy (non-hydrogen) atoms. The number of hydrogen-bond donors (Lipinski definition) is 5. The highest BCUT2D eigenvalue weighted by Gasteiger charge is 2.26. The summed E-state index contributed by atoms with van der Waals surface area (Å²) in [5.74, 6) is -0.0496. The largest absolute Gasteiger partial charge is 0.507 e. The van der Waals surface area contributed by atoms with E-state index in [1.807, 2.05) is 0 Å². The summed E-state index contributed by atoms with van der Waals surface area (Å²) in [6, 6.07) is 4.09. The molecule has 0 radical (unpaired) electrons. The molecule has 0 bridgehead atoms. The van der Waals surface area contributed by atoms with Gasteiger partial charge in [-0.15, -0.1) is 0 Å². The first kappa shape index (κ1) is 13.8. The number of phenols is 2. The van der Waals surface area contributed by atoms with Gasteiger partial charge in [0, 0.05) is 6.04 Å². The summed E-state index contributed by atoms with van der Waals surface area (Å²) in [5, 5.41) is 40.7. The molecule has 0 spiro atoms. The average Bonchev–Trinajstić information content (AvgIpc) is 2.28. The summed E-state index contributed by atoms with van der Waals surface area (Å²) in [4.78, 5) is 0. The summed E-state index contributed by atoms with van der Waals surface area (Å²) in [7, 11) is 0. The lowest BCUT2D eigenvalue weighted by atomic mass is 9.99. The summed E-state index contributed by atoms with van der Waals surface area (Å²) in [6.07, 6.45) is 0. The number of benzene rings is 1. The number of aliphatic hydroxyl groups is 2. The van der Waals surface area contributed by atoms with Crippen molar-refractivity contribution in [1.82, 2.24) is 5.32 Å². The SMILES string of the molecule is CC(NC(C)(CO)CO)c1c(O)cccc1O. The third kappa shape index (κ3) is 3.09. The highest BCUT2D eigenvalue weighted by atomic mass is 16.3. The average molecular weight is 241 g/mol. The Labute approximate surface area is 100 Å². The molecular weight excluding hydrogens is 222 g/mol. The summed E-state index contributed by atoms with van der Waals surface area (Å²) >= 11 is 0. The molecule has 0 aliphatic rings. The number of aliphatic hydroxyl groups excluding tert-OH is 2. The fourth-order valence-electron chi connectivity index (χ4n) is 1.72. The quantitative estimate of drug-likeness (QED) is 0.517. The molecule has 0 aromatic heterocycles. The molecule has 1 atom stereocenters. The molecule has 0 saturated carbocycles. The topological polar surface area (TPSA) is 93.0 Å². The van der Waals surface area contributed by atoms with E-state index in [0.717, 1.165) is 0 Å². The van der Waals surface area contributed by atoms with Crippen LogP contribution in [0.2, 0.25) is 0 Å². The van der Waals surface area contributed by atoms with Gasteiger partial charge in [0.2, 0.25) is 0 Å². The van der Waals surface area contributed by atoms with Crippen molar-refractivity contribution in [3.63, 3.8) is 0 Å². The van der Waals surface area contributed by atoms with Gasteiger partial charge in [0.05, 0.1) is 24.3 Å². The lowest BCUT2D eigenvalue weighted by molar-refractivity contribution is 0.0951. The predicted molar refractivity (Wildman–Crippen MR) is 63.9 cm³/mol. The first-order chi connectivity index (χ1) is 7.93. The van der Waals surface area contributed by atoms with E-state index in [4.69, 9.17) is 0 Å². The lowest BCUT2D eigenvalue weighted by Crippen LogP contribution is -2.49. The van der Waals surface area contributed by atoms with Gasteiger partial charge in [-0.3, -0.25) is 0 Å². The van der Waals surface area contributed by atoms with Gasteiger partial charge < -0.3 is 25.7 Å². The van der Waals surface area contributed by atoms with Gasteiger partial charge in [-0.1, -0.05) is 6.07 Å². The molecule has 0 saturated heterocycles. The Hall–Kier alpha value is -1.30. The van der Waals surface area contributed by atoms with Crippen molar-refractivity contribution in [1.29, 1.82) is 0 Å². The van der Waals surface area contributed by atoms with Gasteiger partial charge in [0.15, 0.2) is 0 Å². The van der Waals surface area contributed by atoms with Gasteiger partial charge in [0.1, 0.15) is 11.5 Å². The molecule has 1 unspecified atom stereocenters. The van der Waals surface area contributed by atoms with Gasteiger partial charge >= 0.3 is 0 Å². The molecule has 0 aliphatic carbocycles. The molecule has 0 amide bonds. The zero-order valence-corrected chi connectivity index (χ0v) is 10.0. The monoisotopic (exact) mass is 241 g/mol. The van der Waals surface area contributed by atoms with E-state index in [2.05, 4.69) is 5.32 Å². The zero-order chi connectivity index (χ0) is 13.1. The molecule has 0 aliphatic heterocycles. The molecule has 5 nitrogen and oxygen atoms in total. The third-order valence-corrected chi connectivity index (χ3v) is 2.76. The molecule has 5 N–H and O–H groups in total. The Balaban J connectivity index is 2.94. The molecule has 1 rings (SSSR count). The summed E-state index contributed by atoms with van der Waals surface area (Å²) in [5.41, 5.74) is -0.519. The Morgan fingerprint density at radius 3 is 2.06 bits per heavy atom. The second-order valence-corrected chi connectivity index (χ2v) is 4.45. The van der Waals surface area contributed by atoms with Gasteiger partial charge in [-0.2, -0.15) is 0 Å². The molecule has 96 valence electrons. The van der Waals surface area contributed by atoms with E-state index in [9.17, 15) is 20.4 Å². The van der Waals surface area contributed by atoms with E-state index >= 15 is 0 Å². The number of rotatable bonds is 5. The minimum Gasteiger partial charge on any atom is -0.507 e. The van der Waals surface area contributed by atoms with Gasteiger partial charge in [-0.25, -0.2) is 0 Å². The summed E-state index contributed by atoms with van der Waals surface area (Å²) in [6.45, 7) is 2.89. The Kier molecular flexibility index (Phi) is 4.34. The van der Waals surface area contributed by atoms with Crippen molar-refractivity contribution in [3.8, 4) is 11.5 Å². The number of aromatic hydroxyl groups is 2. The minimum atomic E-state index is -0.867. The van der Waals surface area contributed by atoms with Crippen molar-refractivity contribution in [2.75, 3.05) is 13.2 Å². The van der Waals surface area contributed by atoms with Crippen molar-refractivity contribution >= 4 is 0 Å². The fraction of sp³-hybridized carbons (Fsp3) is 0.500. The molecule has 1 aromatic carbocycles. The first-order valence-corrected chi connectivity index (χ1v) is 5.44. The zero-order valence-electron chi connectivity index (χ0n) is 10.0. The first-order valence-electron chi connectivity index (χ1n) is 5.44. The van der Waals surface area contributed by atoms with Crippen LogP contribution in [0.5, 0.6) is 11.5 Å². The van der Waals surface area contributed by atoms with Crippen LogP contribution in [0.3, 0.4) is 0 Å². The van der Waals surface area contributed by atoms with Crippen molar-refractivity contribution in [3.05, 3.63) is 23.8 Å². The third-order valence-electron chi connectivity index (χ3n) is 2.76. The lowest BCUT2D eigenvalue weighted by Gasteiger charge is -2.31. The minimum absolute atomic E-state index is 0.0248. The maximum absolute atomic E-state index is 9.68. The van der Waals surface area contributed by atoms with Gasteiger partial charge in [-0.05, 0) is 26.0 Å². The smallest absolute Gasteiger partial charge is 0.124 e. The Bertz CT molecular complexity index is 357. The molecule has 0 fully saturated rings. The van der Waals surface area contributed by atoms with E-state index in [-0.39, 0.29) is 24.7 Å². The van der Waals surface area contributed by atoms with Crippen LogP contribution >= 0.6 is 0 Å². The number of phenolic OH excluding ortho intramolecular Hbond substituents is 2. The molecule has 5 heteroatoms. The second kappa shape index (κ2) is 5.35. The van der Waals surface area contributed by atoms with Crippen LogP contribution in [0.15, 0.2) is 18.2 Å². The highest BCUT2D eigenvalue weighted by molar-refractivity contribution is 5.45. The summed E-state index contributed by atoms with van der Waals surface area (Å²) < 4.78 is 0. The standard InChI is InChI=1S/C12H19NO4/c1-8(13-12(2,6-14)7-15)11-9(16)4-3-5-10(11)17/h3-5,8,13-17H,6-7H2,1-2H3. The van der Waals surface area contributed by atoms with Crippen LogP contribution < -0.4 is 5.32 Å². The van der Waals surface area contributed by atoms with Crippen molar-refractivity contribution in [2.45, 2.75) is 25.4 Å². The number of hydrogen-bond acceptors (Lipinski definition) is 5. The van der Waals surface area contributed by atoms with Crippen molar-refractivity contribution in [2.24, 2.45) is 0 Å². The van der Waals surface area contributed by atoms with Crippen LogP contribution in [0.1, 0.15) is 25.5 Å². The molecule has 0 heterocycles. The van der Waals surface area contributed by atoms with Crippen molar-refractivity contribution < 1.29 is 20.4 Å². The van der Waals surface area contributed by atoms with Gasteiger partial charge in [0.25, 0.3) is 0 Å². The van der Waals surface area contributed by atoms with Crippen LogP contribution in [0.4, 0.5) is 0 Å². The maximum Gasteiger partial charge on any atom is 0.124 e.